The second kappa shape index (κ2) is 8.07. The van der Waals surface area contributed by atoms with E-state index in [9.17, 15) is 18.0 Å². The van der Waals surface area contributed by atoms with Gasteiger partial charge in [-0.2, -0.15) is 13.2 Å². The third-order valence-corrected chi connectivity index (χ3v) is 5.29. The van der Waals surface area contributed by atoms with Gasteiger partial charge in [-0.05, 0) is 57.4 Å². The van der Waals surface area contributed by atoms with Crippen molar-refractivity contribution in [2.45, 2.75) is 45.8 Å². The van der Waals surface area contributed by atoms with Crippen LogP contribution in [0.25, 0.3) is 0 Å². The fourth-order valence-electron chi connectivity index (χ4n) is 3.66. The number of nitrogens with one attached hydrogen (secondary N) is 1. The maximum Gasteiger partial charge on any atom is 0.406 e. The average Bonchev–Trinajstić information content (AvgIpc) is 2.89. The zero-order valence-electron chi connectivity index (χ0n) is 15.9. The summed E-state index contributed by atoms with van der Waals surface area (Å²) >= 11 is 6.12. The lowest BCUT2D eigenvalue weighted by Gasteiger charge is -2.30. The third-order valence-electron chi connectivity index (χ3n) is 5.06. The number of piperidine rings is 1. The molecule has 1 amide bonds. The predicted molar refractivity (Wildman–Crippen MR) is 105 cm³/mol. The van der Waals surface area contributed by atoms with E-state index in [1.807, 2.05) is 6.07 Å². The zero-order chi connectivity index (χ0) is 20.5. The molecule has 1 saturated heterocycles. The number of benzene rings is 1. The first-order valence-corrected chi connectivity index (χ1v) is 9.63. The van der Waals surface area contributed by atoms with Crippen molar-refractivity contribution < 1.29 is 18.0 Å². The number of hydrogen-bond donors (Lipinski definition) is 1. The Morgan fingerprint density at radius 3 is 2.46 bits per heavy atom. The van der Waals surface area contributed by atoms with E-state index >= 15 is 0 Å². The highest BCUT2D eigenvalue weighted by Gasteiger charge is 2.30. The van der Waals surface area contributed by atoms with E-state index in [4.69, 9.17) is 11.6 Å². The van der Waals surface area contributed by atoms with Gasteiger partial charge in [-0.1, -0.05) is 11.6 Å². The largest absolute Gasteiger partial charge is 0.406 e. The topological polar surface area (TPSA) is 37.3 Å². The van der Waals surface area contributed by atoms with Gasteiger partial charge in [0.2, 0.25) is 0 Å². The molecule has 1 aromatic carbocycles. The summed E-state index contributed by atoms with van der Waals surface area (Å²) in [6.07, 6.45) is -1.02. The fraction of sp³-hybridized carbons (Fsp3) is 0.450. The number of aromatic nitrogens is 1. The molecule has 1 aliphatic heterocycles. The van der Waals surface area contributed by atoms with Crippen LogP contribution in [0.3, 0.4) is 0 Å². The molecule has 0 unspecified atom stereocenters. The van der Waals surface area contributed by atoms with Crippen LogP contribution in [0.15, 0.2) is 24.3 Å². The van der Waals surface area contributed by atoms with Crippen molar-refractivity contribution >= 4 is 28.9 Å². The maximum atomic E-state index is 12.8. The number of hydrogen-bond acceptors (Lipinski definition) is 2. The van der Waals surface area contributed by atoms with Crippen molar-refractivity contribution in [1.29, 1.82) is 0 Å². The van der Waals surface area contributed by atoms with Gasteiger partial charge in [-0.3, -0.25) is 4.79 Å². The molecule has 4 nitrogen and oxygen atoms in total. The van der Waals surface area contributed by atoms with Crippen LogP contribution in [0.4, 0.5) is 24.5 Å². The first-order valence-electron chi connectivity index (χ1n) is 9.25. The molecule has 0 bridgehead atoms. The molecule has 152 valence electrons. The second-order valence-electron chi connectivity index (χ2n) is 7.15. The molecule has 28 heavy (non-hydrogen) atoms. The van der Waals surface area contributed by atoms with Crippen LogP contribution in [-0.4, -0.2) is 29.7 Å². The number of halogens is 4. The van der Waals surface area contributed by atoms with Crippen LogP contribution in [0, 0.1) is 13.8 Å². The Hall–Kier alpha value is -2.15. The number of amides is 1. The molecule has 8 heteroatoms. The highest BCUT2D eigenvalue weighted by molar-refractivity contribution is 6.31. The third kappa shape index (κ3) is 4.63. The zero-order valence-corrected chi connectivity index (χ0v) is 16.6. The summed E-state index contributed by atoms with van der Waals surface area (Å²) in [7, 11) is 0. The smallest absolute Gasteiger partial charge is 0.370 e. The molecule has 0 aliphatic carbocycles. The van der Waals surface area contributed by atoms with Crippen LogP contribution in [-0.2, 0) is 6.54 Å². The monoisotopic (exact) mass is 413 g/mol. The molecular formula is C20H23ClF3N3O. The fourth-order valence-corrected chi connectivity index (χ4v) is 3.83. The molecule has 2 heterocycles. The molecule has 2 aromatic rings. The molecule has 0 saturated carbocycles. The van der Waals surface area contributed by atoms with Crippen LogP contribution < -0.4 is 10.2 Å². The minimum atomic E-state index is -4.35. The summed E-state index contributed by atoms with van der Waals surface area (Å²) in [5.41, 5.74) is 2.35. The molecule has 1 fully saturated rings. The van der Waals surface area contributed by atoms with Gasteiger partial charge in [0.15, 0.2) is 0 Å². The summed E-state index contributed by atoms with van der Waals surface area (Å²) in [4.78, 5) is 15.0. The Morgan fingerprint density at radius 2 is 1.82 bits per heavy atom. The van der Waals surface area contributed by atoms with E-state index in [1.165, 1.54) is 19.4 Å². The standard InChI is InChI=1S/C20H23ClF3N3O/c1-13-10-16(14(2)27(13)12-20(22,23)24)19(28)25-17-11-15(21)6-7-18(17)26-8-4-3-5-9-26/h6-7,10-11H,3-5,8-9,12H2,1-2H3,(H,25,28). The lowest BCUT2D eigenvalue weighted by Crippen LogP contribution is -2.30. The van der Waals surface area contributed by atoms with E-state index in [1.54, 1.807) is 19.1 Å². The summed E-state index contributed by atoms with van der Waals surface area (Å²) in [6, 6.07) is 6.81. The number of rotatable bonds is 4. The lowest BCUT2D eigenvalue weighted by atomic mass is 10.1. The van der Waals surface area contributed by atoms with Crippen molar-refractivity contribution in [2.24, 2.45) is 0 Å². The van der Waals surface area contributed by atoms with Crippen molar-refractivity contribution in [3.05, 3.63) is 46.2 Å². The highest BCUT2D eigenvalue weighted by Crippen LogP contribution is 2.32. The molecule has 1 N–H and O–H groups in total. The summed E-state index contributed by atoms with van der Waals surface area (Å²) in [6.45, 7) is 3.76. The number of alkyl halides is 3. The van der Waals surface area contributed by atoms with Crippen molar-refractivity contribution in [2.75, 3.05) is 23.3 Å². The van der Waals surface area contributed by atoms with Crippen LogP contribution >= 0.6 is 11.6 Å². The van der Waals surface area contributed by atoms with Gasteiger partial charge in [-0.25, -0.2) is 0 Å². The van der Waals surface area contributed by atoms with Crippen molar-refractivity contribution in [1.82, 2.24) is 4.57 Å². The van der Waals surface area contributed by atoms with Gasteiger partial charge in [0.25, 0.3) is 5.91 Å². The predicted octanol–water partition coefficient (Wildman–Crippen LogP) is 5.56. The normalized spacial score (nSPS) is 15.0. The maximum absolute atomic E-state index is 12.8. The van der Waals surface area contributed by atoms with Crippen molar-refractivity contribution in [3.63, 3.8) is 0 Å². The van der Waals surface area contributed by atoms with Crippen LogP contribution in [0.1, 0.15) is 41.0 Å². The number of anilines is 2. The Morgan fingerprint density at radius 1 is 1.14 bits per heavy atom. The quantitative estimate of drug-likeness (QED) is 0.712. The Labute approximate surface area is 167 Å². The van der Waals surface area contributed by atoms with Gasteiger partial charge >= 0.3 is 6.18 Å². The van der Waals surface area contributed by atoms with Gasteiger partial charge in [0, 0.05) is 29.5 Å². The molecule has 3 rings (SSSR count). The summed E-state index contributed by atoms with van der Waals surface area (Å²) < 4.78 is 39.6. The van der Waals surface area contributed by atoms with E-state index in [0.29, 0.717) is 16.4 Å². The SMILES string of the molecule is Cc1cc(C(=O)Nc2cc(Cl)ccc2N2CCCCC2)c(C)n1CC(F)(F)F. The molecule has 1 aromatic heterocycles. The summed E-state index contributed by atoms with van der Waals surface area (Å²) in [5.74, 6) is -0.443. The molecule has 0 atom stereocenters. The highest BCUT2D eigenvalue weighted by atomic mass is 35.5. The number of aryl methyl sites for hydroxylation is 1. The van der Waals surface area contributed by atoms with E-state index < -0.39 is 18.6 Å². The Bertz CT molecular complexity index is 870. The molecule has 0 spiro atoms. The first-order chi connectivity index (χ1) is 13.2. The number of nitrogens with zero attached hydrogens (tertiary/aromatic N) is 2. The van der Waals surface area contributed by atoms with E-state index in [2.05, 4.69) is 10.2 Å². The average molecular weight is 414 g/mol. The molecule has 1 aliphatic rings. The summed E-state index contributed by atoms with van der Waals surface area (Å²) in [5, 5.41) is 3.33. The van der Waals surface area contributed by atoms with Crippen LogP contribution in [0.2, 0.25) is 5.02 Å². The molecule has 0 radical (unpaired) electrons. The second-order valence-corrected chi connectivity index (χ2v) is 7.59. The van der Waals surface area contributed by atoms with Gasteiger partial charge in [0.1, 0.15) is 6.54 Å². The number of carbonyl (C=O) groups is 1. The molecular weight excluding hydrogens is 391 g/mol. The van der Waals surface area contributed by atoms with E-state index in [0.717, 1.165) is 36.2 Å². The lowest BCUT2D eigenvalue weighted by molar-refractivity contribution is -0.141. The van der Waals surface area contributed by atoms with E-state index in [-0.39, 0.29) is 11.3 Å². The first kappa shape index (κ1) is 20.6. The van der Waals surface area contributed by atoms with Crippen molar-refractivity contribution in [3.8, 4) is 0 Å². The minimum Gasteiger partial charge on any atom is -0.370 e. The van der Waals surface area contributed by atoms with Gasteiger partial charge in [-0.15, -0.1) is 0 Å². The van der Waals surface area contributed by atoms with Gasteiger partial charge in [0.05, 0.1) is 16.9 Å². The Kier molecular flexibility index (Phi) is 5.93. The van der Waals surface area contributed by atoms with Gasteiger partial charge < -0.3 is 14.8 Å². The minimum absolute atomic E-state index is 0.228. The Balaban J connectivity index is 1.87. The van der Waals surface area contributed by atoms with Crippen LogP contribution in [0.5, 0.6) is 0 Å². The number of carbonyl (C=O) groups excluding carboxylic acids is 1.